The Balaban J connectivity index is 3.95. The number of hydrogen-bond donors (Lipinski definition) is 3. The molecule has 5 nitrogen and oxygen atoms in total. The molecule has 0 fully saturated rings. The number of hydrogen-bond acceptors (Lipinski definition) is 5. The van der Waals surface area contributed by atoms with Crippen LogP contribution in [0.4, 0.5) is 4.39 Å². The van der Waals surface area contributed by atoms with Gasteiger partial charge in [0.1, 0.15) is 0 Å². The average Bonchev–Trinajstić information content (AvgIpc) is 2.82. The van der Waals surface area contributed by atoms with Crippen LogP contribution in [0.3, 0.4) is 0 Å². The van der Waals surface area contributed by atoms with E-state index >= 15 is 0 Å². The normalized spacial score (nSPS) is 14.2. The predicted octanol–water partition coefficient (Wildman–Crippen LogP) is 6.00. The molecule has 0 aromatic rings. The lowest BCUT2D eigenvalue weighted by Crippen LogP contribution is -2.55. The second-order valence-corrected chi connectivity index (χ2v) is 9.57. The van der Waals surface area contributed by atoms with Crippen LogP contribution in [0, 0.1) is 0 Å². The van der Waals surface area contributed by atoms with Gasteiger partial charge in [-0.25, -0.2) is 0 Å². The van der Waals surface area contributed by atoms with Gasteiger partial charge < -0.3 is 15.3 Å². The fourth-order valence-corrected chi connectivity index (χ4v) is 4.17. The summed E-state index contributed by atoms with van der Waals surface area (Å²) in [4.78, 5) is 24.6. The summed E-state index contributed by atoms with van der Waals surface area (Å²) in [7, 11) is 0. The van der Waals surface area contributed by atoms with Crippen molar-refractivity contribution in [3.63, 3.8) is 0 Å². The van der Waals surface area contributed by atoms with Crippen molar-refractivity contribution in [3.05, 3.63) is 0 Å². The monoisotopic (exact) mass is 473 g/mol. The van der Waals surface area contributed by atoms with Gasteiger partial charge in [0.15, 0.2) is 23.3 Å². The van der Waals surface area contributed by atoms with Crippen LogP contribution in [0.15, 0.2) is 0 Å². The second-order valence-electron chi connectivity index (χ2n) is 9.57. The van der Waals surface area contributed by atoms with E-state index in [0.29, 0.717) is 19.3 Å². The van der Waals surface area contributed by atoms with Crippen LogP contribution in [0.2, 0.25) is 0 Å². The fraction of sp³-hybridized carbons (Fsp3) is 0.926. The van der Waals surface area contributed by atoms with Gasteiger partial charge in [-0.15, -0.1) is 0 Å². The van der Waals surface area contributed by atoms with Crippen LogP contribution in [-0.2, 0) is 9.59 Å². The average molecular weight is 474 g/mol. The van der Waals surface area contributed by atoms with Crippen LogP contribution < -0.4 is 0 Å². The van der Waals surface area contributed by atoms with E-state index < -0.39 is 29.9 Å². The molecular weight excluding hydrogens is 422 g/mol. The summed E-state index contributed by atoms with van der Waals surface area (Å²) in [5.74, 6) is -1.30. The van der Waals surface area contributed by atoms with E-state index in [9.17, 15) is 29.3 Å². The van der Waals surface area contributed by atoms with E-state index in [1.165, 1.54) is 57.8 Å². The molecule has 0 aliphatic rings. The lowest BCUT2D eigenvalue weighted by molar-refractivity contribution is -0.165. The molecule has 0 bridgehead atoms. The molecule has 6 heteroatoms. The smallest absolute Gasteiger partial charge is 0.178 e. The zero-order valence-electron chi connectivity index (χ0n) is 21.2. The quantitative estimate of drug-likeness (QED) is 0.141. The molecule has 0 aromatic carbocycles. The first-order valence-corrected chi connectivity index (χ1v) is 13.6. The molecule has 0 aliphatic heterocycles. The first-order chi connectivity index (χ1) is 15.9. The first-order valence-electron chi connectivity index (χ1n) is 13.6. The fourth-order valence-electron chi connectivity index (χ4n) is 4.17. The Morgan fingerprint density at radius 1 is 0.697 bits per heavy atom. The van der Waals surface area contributed by atoms with Gasteiger partial charge in [0, 0.05) is 12.8 Å². The third kappa shape index (κ3) is 15.6. The Hall–Kier alpha value is -0.850. The second kappa shape index (κ2) is 21.7. The first kappa shape index (κ1) is 32.1. The highest BCUT2D eigenvalue weighted by atomic mass is 18.2. The van der Waals surface area contributed by atoms with Crippen molar-refractivity contribution in [2.75, 3.05) is 13.3 Å². The van der Waals surface area contributed by atoms with E-state index in [4.69, 9.17) is 0 Å². The predicted molar refractivity (Wildman–Crippen MR) is 132 cm³/mol. The molecule has 2 unspecified atom stereocenters. The highest BCUT2D eigenvalue weighted by molar-refractivity contribution is 5.96. The summed E-state index contributed by atoms with van der Waals surface area (Å²) in [6.07, 6.45) is 16.8. The van der Waals surface area contributed by atoms with Gasteiger partial charge in [-0.2, -0.15) is 0 Å². The van der Waals surface area contributed by atoms with Crippen molar-refractivity contribution in [1.29, 1.82) is 0 Å². The van der Waals surface area contributed by atoms with E-state index in [1.54, 1.807) is 0 Å². The molecule has 0 rings (SSSR count). The number of aliphatic hydroxyl groups excluding tert-OH is 2. The van der Waals surface area contributed by atoms with Gasteiger partial charge in [-0.05, 0) is 19.3 Å². The summed E-state index contributed by atoms with van der Waals surface area (Å²) in [6.45, 7) is 0.924. The van der Waals surface area contributed by atoms with E-state index in [-0.39, 0.29) is 19.5 Å². The van der Waals surface area contributed by atoms with Crippen molar-refractivity contribution in [2.24, 2.45) is 0 Å². The Morgan fingerprint density at radius 2 is 1.09 bits per heavy atom. The maximum absolute atomic E-state index is 12.4. The number of unbranched alkanes of at least 4 members (excludes halogenated alkanes) is 16. The number of ketones is 2. The highest BCUT2D eigenvalue weighted by Gasteiger charge is 2.45. The molecule has 0 amide bonds. The molecular formula is C27H51FO5. The van der Waals surface area contributed by atoms with Gasteiger partial charge >= 0.3 is 0 Å². The van der Waals surface area contributed by atoms with Crippen molar-refractivity contribution in [2.45, 2.75) is 147 Å². The van der Waals surface area contributed by atoms with Gasteiger partial charge in [-0.1, -0.05) is 103 Å². The number of halogens is 1. The van der Waals surface area contributed by atoms with Gasteiger partial charge in [0.25, 0.3) is 0 Å². The molecule has 196 valence electrons. The third-order valence-corrected chi connectivity index (χ3v) is 6.55. The third-order valence-electron chi connectivity index (χ3n) is 6.55. The van der Waals surface area contributed by atoms with Crippen molar-refractivity contribution >= 4 is 11.6 Å². The van der Waals surface area contributed by atoms with Crippen molar-refractivity contribution in [3.8, 4) is 0 Å². The minimum absolute atomic E-state index is 0.0329. The van der Waals surface area contributed by atoms with Crippen molar-refractivity contribution < 1.29 is 29.3 Å². The van der Waals surface area contributed by atoms with Gasteiger partial charge in [0.2, 0.25) is 0 Å². The summed E-state index contributed by atoms with van der Waals surface area (Å²) < 4.78 is 12.1. The van der Waals surface area contributed by atoms with Crippen LogP contribution in [0.5, 0.6) is 0 Å². The van der Waals surface area contributed by atoms with Crippen LogP contribution in [-0.4, -0.2) is 51.9 Å². The molecule has 0 spiro atoms. The molecule has 0 radical (unpaired) electrons. The summed E-state index contributed by atoms with van der Waals surface area (Å²) >= 11 is 0. The number of carbonyl (C=O) groups excluding carboxylic acids is 2. The molecule has 33 heavy (non-hydrogen) atoms. The van der Waals surface area contributed by atoms with Crippen LogP contribution in [0.1, 0.15) is 135 Å². The summed E-state index contributed by atoms with van der Waals surface area (Å²) in [6, 6.07) is 0. The number of Topliss-reactive ketones (excluding diaryl/α,β-unsaturated/α-hetero) is 2. The van der Waals surface area contributed by atoms with Gasteiger partial charge in [-0.3, -0.25) is 14.0 Å². The van der Waals surface area contributed by atoms with Crippen LogP contribution in [0.25, 0.3) is 0 Å². The van der Waals surface area contributed by atoms with E-state index in [0.717, 1.165) is 38.5 Å². The maximum Gasteiger partial charge on any atom is 0.178 e. The molecule has 0 saturated heterocycles. The minimum Gasteiger partial charge on any atom is -0.393 e. The standard InChI is InChI=1S/C27H51FO5/c1-2-3-4-5-6-7-8-9-10-11-12-15-18-21-25(31)27(33,23-29)26(32)24(30)20-17-14-13-16-19-22-28/h26,29,32-33H,2-23H2,1H3/i28-1. The molecule has 0 heterocycles. The largest absolute Gasteiger partial charge is 0.393 e. The van der Waals surface area contributed by atoms with Crippen molar-refractivity contribution in [1.82, 2.24) is 0 Å². The topological polar surface area (TPSA) is 94.8 Å². The Morgan fingerprint density at radius 3 is 1.52 bits per heavy atom. The molecule has 0 saturated carbocycles. The SMILES string of the molecule is CCCCCCCCCCCCCCCC(=O)C(O)(CO)C(O)C(=O)CCCCCCC[18F]. The number of carbonyl (C=O) groups is 2. The summed E-state index contributed by atoms with van der Waals surface area (Å²) in [5, 5.41) is 30.2. The number of rotatable bonds is 25. The Kier molecular flexibility index (Phi) is 21.1. The van der Waals surface area contributed by atoms with Crippen LogP contribution >= 0.6 is 0 Å². The molecule has 2 atom stereocenters. The Labute approximate surface area is 201 Å². The summed E-state index contributed by atoms with van der Waals surface area (Å²) in [5.41, 5.74) is -2.41. The Bertz CT molecular complexity index is 485. The van der Waals surface area contributed by atoms with E-state index in [2.05, 4.69) is 6.92 Å². The van der Waals surface area contributed by atoms with E-state index in [1.807, 2.05) is 0 Å². The maximum atomic E-state index is 12.4. The number of aliphatic hydroxyl groups is 3. The minimum atomic E-state index is -2.41. The lowest BCUT2D eigenvalue weighted by Gasteiger charge is -2.29. The molecule has 3 N–H and O–H groups in total. The molecule has 0 aromatic heterocycles. The highest BCUT2D eigenvalue weighted by Crippen LogP contribution is 2.20. The number of alkyl halides is 1. The lowest BCUT2D eigenvalue weighted by atomic mass is 9.85. The zero-order chi connectivity index (χ0) is 24.8. The zero-order valence-corrected chi connectivity index (χ0v) is 21.2. The van der Waals surface area contributed by atoms with Gasteiger partial charge in [0.05, 0.1) is 13.3 Å². The molecule has 0 aliphatic carbocycles.